The van der Waals surface area contributed by atoms with Crippen LogP contribution >= 0.6 is 7.75 Å². The highest BCUT2D eigenvalue weighted by molar-refractivity contribution is 7.52. The van der Waals surface area contributed by atoms with Gasteiger partial charge in [0.05, 0.1) is 26.1 Å². The van der Waals surface area contributed by atoms with Crippen LogP contribution in [0, 0.1) is 0 Å². The van der Waals surface area contributed by atoms with Crippen molar-refractivity contribution in [3.05, 3.63) is 36.7 Å². The van der Waals surface area contributed by atoms with Crippen LogP contribution in [0.2, 0.25) is 0 Å². The number of aliphatic hydroxyl groups is 1. The Morgan fingerprint density at radius 2 is 2.16 bits per heavy atom. The average molecular weight is 541 g/mol. The minimum Gasteiger partial charge on any atom is -0.479 e. The smallest absolute Gasteiger partial charge is 0.459 e. The first-order valence-corrected chi connectivity index (χ1v) is 12.5. The maximum atomic E-state index is 15.9. The first-order valence-electron chi connectivity index (χ1n) is 12.5. The van der Waals surface area contributed by atoms with Gasteiger partial charge in [-0.2, -0.15) is 9.97 Å². The van der Waals surface area contributed by atoms with Crippen molar-refractivity contribution in [3.8, 4) is 11.6 Å². The molecule has 0 saturated carbocycles. The Morgan fingerprint density at radius 1 is 1.43 bits per heavy atom. The van der Waals surface area contributed by atoms with Crippen LogP contribution in [0.4, 0.5) is 10.3 Å². The van der Waals surface area contributed by atoms with E-state index >= 15 is 4.39 Å². The van der Waals surface area contributed by atoms with Gasteiger partial charge in [0.1, 0.15) is 23.7 Å². The monoisotopic (exact) mass is 541 g/mol. The lowest BCUT2D eigenvalue weighted by Crippen LogP contribution is -2.41. The fourth-order valence-electron chi connectivity index (χ4n) is 3.70. The topological polar surface area (TPSA) is 173 Å². The molecule has 3 heterocycles. The minimum atomic E-state index is -4.62. The standard InChI is InChI=1S/C22H28FN6O7P/c1-12(13(2)30)28-37(32,36-14-8-6-5-7-9-14)34-10-15-17(31)22(3,23)20(35-15)29-11-25-16-18(29)26-21(24)27-19(16)33-4/h5-9,11-12,15,17,20,31H,10H2,1-4H3,(H,28,32)(H2,24,26,27)/t12-,15+,17+,20+,22+,37?/m0/s1/i1D3. The van der Waals surface area contributed by atoms with Crippen LogP contribution in [0.5, 0.6) is 11.6 Å². The van der Waals surface area contributed by atoms with Crippen LogP contribution < -0.4 is 20.1 Å². The zero-order valence-corrected chi connectivity index (χ0v) is 21.0. The second-order valence-electron chi connectivity index (χ2n) is 8.41. The number of nitrogen functional groups attached to an aromatic ring is 1. The van der Waals surface area contributed by atoms with Gasteiger partial charge in [0.15, 0.2) is 23.1 Å². The van der Waals surface area contributed by atoms with Crippen molar-refractivity contribution >= 4 is 30.6 Å². The molecule has 3 aromatic rings. The van der Waals surface area contributed by atoms with Gasteiger partial charge < -0.3 is 24.8 Å². The molecule has 200 valence electrons. The molecule has 0 bridgehead atoms. The summed E-state index contributed by atoms with van der Waals surface area (Å²) in [4.78, 5) is 24.2. The van der Waals surface area contributed by atoms with Crippen molar-refractivity contribution in [1.82, 2.24) is 24.6 Å². The van der Waals surface area contributed by atoms with Gasteiger partial charge in [-0.05, 0) is 32.8 Å². The Morgan fingerprint density at radius 3 is 2.81 bits per heavy atom. The molecular formula is C22H28FN6O7P. The number of nitrogens with two attached hydrogens (primary N) is 1. The van der Waals surface area contributed by atoms with Crippen LogP contribution in [0.3, 0.4) is 0 Å². The molecular weight excluding hydrogens is 510 g/mol. The zero-order chi connectivity index (χ0) is 29.5. The minimum absolute atomic E-state index is 0.0309. The molecule has 2 aromatic heterocycles. The molecule has 4 rings (SSSR count). The van der Waals surface area contributed by atoms with E-state index in [1.807, 2.05) is 0 Å². The van der Waals surface area contributed by atoms with Crippen molar-refractivity contribution < 1.29 is 41.5 Å². The molecule has 0 amide bonds. The van der Waals surface area contributed by atoms with E-state index in [4.69, 9.17) is 28.4 Å². The molecule has 0 radical (unpaired) electrons. The van der Waals surface area contributed by atoms with Gasteiger partial charge in [-0.1, -0.05) is 18.2 Å². The molecule has 1 saturated heterocycles. The summed E-state index contributed by atoms with van der Waals surface area (Å²) in [5.41, 5.74) is 3.51. The summed E-state index contributed by atoms with van der Waals surface area (Å²) < 4.78 is 75.6. The molecule has 4 N–H and O–H groups in total. The summed E-state index contributed by atoms with van der Waals surface area (Å²) in [6.07, 6.45) is -3.56. The highest BCUT2D eigenvalue weighted by Gasteiger charge is 2.56. The number of rotatable bonds is 10. The Balaban J connectivity index is 1.61. The van der Waals surface area contributed by atoms with Crippen LogP contribution in [0.25, 0.3) is 11.2 Å². The number of Topliss-reactive ketones (excluding diaryl/α,β-unsaturated/α-hetero) is 1. The summed E-state index contributed by atoms with van der Waals surface area (Å²) in [6, 6.07) is 5.74. The third-order valence-corrected chi connectivity index (χ3v) is 7.16. The number of hydrogen-bond donors (Lipinski definition) is 3. The number of benzene rings is 1. The third-order valence-electron chi connectivity index (χ3n) is 5.64. The van der Waals surface area contributed by atoms with Gasteiger partial charge in [-0.15, -0.1) is 0 Å². The number of imidazole rings is 1. The van der Waals surface area contributed by atoms with E-state index < -0.39 is 57.1 Å². The molecule has 1 aromatic carbocycles. The molecule has 6 atom stereocenters. The van der Waals surface area contributed by atoms with Gasteiger partial charge in [-0.3, -0.25) is 13.9 Å². The first kappa shape index (κ1) is 23.0. The lowest BCUT2D eigenvalue weighted by molar-refractivity contribution is -0.118. The Labute approximate surface area is 215 Å². The number of nitrogens with zero attached hydrogens (tertiary/aromatic N) is 4. The van der Waals surface area contributed by atoms with E-state index in [9.17, 15) is 14.5 Å². The molecule has 1 aliphatic heterocycles. The number of halogens is 1. The highest BCUT2D eigenvalue weighted by Crippen LogP contribution is 2.48. The maximum Gasteiger partial charge on any atom is 0.459 e. The first-order chi connectivity index (χ1) is 18.7. The molecule has 0 aliphatic carbocycles. The number of ether oxygens (including phenoxy) is 2. The molecule has 0 spiro atoms. The number of ketones is 1. The van der Waals surface area contributed by atoms with Gasteiger partial charge in [0.2, 0.25) is 11.8 Å². The highest BCUT2D eigenvalue weighted by atomic mass is 31.2. The lowest BCUT2D eigenvalue weighted by Gasteiger charge is -2.25. The number of carbonyl (C=O) groups is 1. The second kappa shape index (κ2) is 10.3. The predicted octanol–water partition coefficient (Wildman–Crippen LogP) is 2.17. The number of fused-ring (bicyclic) bond motifs is 1. The summed E-state index contributed by atoms with van der Waals surface area (Å²) in [5.74, 6) is -0.954. The Hall–Kier alpha value is -3.16. The number of carbonyl (C=O) groups excluding carboxylic acids is 1. The number of aliphatic hydroxyl groups excluding tert-OH is 1. The fraction of sp³-hybridized carbons (Fsp3) is 0.455. The van der Waals surface area contributed by atoms with E-state index in [-0.39, 0.29) is 28.7 Å². The van der Waals surface area contributed by atoms with Crippen LogP contribution in [-0.2, 0) is 18.6 Å². The van der Waals surface area contributed by atoms with Gasteiger partial charge in [-0.25, -0.2) is 19.0 Å². The molecule has 37 heavy (non-hydrogen) atoms. The van der Waals surface area contributed by atoms with E-state index in [0.717, 1.165) is 13.8 Å². The number of anilines is 1. The molecule has 1 fully saturated rings. The number of alkyl halides is 1. The van der Waals surface area contributed by atoms with Crippen LogP contribution in [0.15, 0.2) is 36.7 Å². The van der Waals surface area contributed by atoms with E-state index in [1.54, 1.807) is 18.2 Å². The number of aromatic nitrogens is 4. The van der Waals surface area contributed by atoms with Crippen molar-refractivity contribution in [1.29, 1.82) is 0 Å². The van der Waals surface area contributed by atoms with Crippen molar-refractivity contribution in [2.75, 3.05) is 19.5 Å². The lowest BCUT2D eigenvalue weighted by atomic mass is 9.98. The average Bonchev–Trinajstić information content (AvgIpc) is 3.38. The summed E-state index contributed by atoms with van der Waals surface area (Å²) >= 11 is 0. The van der Waals surface area contributed by atoms with Crippen LogP contribution in [0.1, 0.15) is 31.0 Å². The second-order valence-corrected chi connectivity index (χ2v) is 10.1. The van der Waals surface area contributed by atoms with Crippen molar-refractivity contribution in [2.45, 2.75) is 50.8 Å². The maximum absolute atomic E-state index is 15.9. The predicted molar refractivity (Wildman–Crippen MR) is 130 cm³/mol. The zero-order valence-electron chi connectivity index (χ0n) is 23.1. The van der Waals surface area contributed by atoms with Crippen molar-refractivity contribution in [2.24, 2.45) is 0 Å². The van der Waals surface area contributed by atoms with E-state index in [0.29, 0.717) is 0 Å². The Bertz CT molecular complexity index is 1430. The van der Waals surface area contributed by atoms with E-state index in [2.05, 4.69) is 20.0 Å². The third kappa shape index (κ3) is 5.43. The largest absolute Gasteiger partial charge is 0.479 e. The number of hydrogen-bond acceptors (Lipinski definition) is 11. The molecule has 1 aliphatic rings. The quantitative estimate of drug-likeness (QED) is 0.320. The summed E-state index contributed by atoms with van der Waals surface area (Å²) in [5, 5.41) is 13.0. The number of nitrogens with one attached hydrogen (secondary N) is 1. The van der Waals surface area contributed by atoms with Gasteiger partial charge >= 0.3 is 7.75 Å². The fourth-order valence-corrected chi connectivity index (χ4v) is 5.12. The molecule has 13 nitrogen and oxygen atoms in total. The van der Waals surface area contributed by atoms with Crippen molar-refractivity contribution in [3.63, 3.8) is 0 Å². The Kier molecular flexibility index (Phi) is 6.40. The van der Waals surface area contributed by atoms with Gasteiger partial charge in [0.25, 0.3) is 0 Å². The van der Waals surface area contributed by atoms with Gasteiger partial charge in [0, 0.05) is 4.11 Å². The van der Waals surface area contributed by atoms with E-state index in [1.165, 1.54) is 30.1 Å². The number of para-hydroxylation sites is 1. The SMILES string of the molecule is [2H]C([2H])([2H])[C@H](NP(=O)(OC[C@H]1O[C@@H](n2cnc3c(OC)nc(N)nc32)[C@](C)(F)[C@@H]1O)Oc1ccccc1)C(C)=O. The molecule has 1 unspecified atom stereocenters. The normalized spacial score (nSPS) is 27.6. The number of methoxy groups -OCH3 is 1. The van der Waals surface area contributed by atoms with Crippen LogP contribution in [-0.4, -0.2) is 68.0 Å². The summed E-state index contributed by atoms with van der Waals surface area (Å²) in [7, 11) is -3.28. The molecule has 15 heteroatoms. The summed E-state index contributed by atoms with van der Waals surface area (Å²) in [6.45, 7) is -1.55.